The molecule has 0 spiro atoms. The number of nitrogens with one attached hydrogen (secondary N) is 2. The molecule has 1 saturated carbocycles. The van der Waals surface area contributed by atoms with Crippen LogP contribution < -0.4 is 16.0 Å². The van der Waals surface area contributed by atoms with Crippen LogP contribution in [0.5, 0.6) is 0 Å². The monoisotopic (exact) mass is 242 g/mol. The Morgan fingerprint density at radius 2 is 2.19 bits per heavy atom. The molecule has 1 aromatic rings. The zero-order valence-corrected chi connectivity index (χ0v) is 9.71. The standard InChI is InChI=1S/C9H14N4O2S/c1-6-4-9(12-10)11-5-8(6)16(14,15)13-7-2-3-7/h4-5,7,13H,2-3,10H2,1H3,(H,11,12). The number of sulfonamides is 1. The van der Waals surface area contributed by atoms with Crippen LogP contribution in [0.4, 0.5) is 5.82 Å². The molecule has 0 bridgehead atoms. The summed E-state index contributed by atoms with van der Waals surface area (Å²) in [5.41, 5.74) is 2.99. The lowest BCUT2D eigenvalue weighted by atomic mass is 10.3. The number of nitrogen functional groups attached to an aromatic ring is 1. The van der Waals surface area contributed by atoms with Crippen LogP contribution in [0, 0.1) is 6.92 Å². The lowest BCUT2D eigenvalue weighted by Gasteiger charge is -2.09. The number of aromatic nitrogens is 1. The first-order valence-corrected chi connectivity index (χ1v) is 6.47. The van der Waals surface area contributed by atoms with Gasteiger partial charge < -0.3 is 5.43 Å². The molecule has 2 rings (SSSR count). The third-order valence-corrected chi connectivity index (χ3v) is 4.05. The molecule has 0 radical (unpaired) electrons. The van der Waals surface area contributed by atoms with Crippen molar-refractivity contribution in [3.8, 4) is 0 Å². The maximum Gasteiger partial charge on any atom is 0.242 e. The van der Waals surface area contributed by atoms with Gasteiger partial charge in [0.15, 0.2) is 0 Å². The first kappa shape index (κ1) is 11.3. The predicted molar refractivity (Wildman–Crippen MR) is 60.1 cm³/mol. The molecule has 7 heteroatoms. The van der Waals surface area contributed by atoms with Gasteiger partial charge in [-0.3, -0.25) is 0 Å². The average Bonchev–Trinajstić information content (AvgIpc) is 3.00. The molecule has 0 aliphatic heterocycles. The van der Waals surface area contributed by atoms with Gasteiger partial charge in [0.05, 0.1) is 0 Å². The van der Waals surface area contributed by atoms with E-state index in [4.69, 9.17) is 5.84 Å². The molecule has 0 aromatic carbocycles. The molecular formula is C9H14N4O2S. The lowest BCUT2D eigenvalue weighted by Crippen LogP contribution is -2.26. The number of pyridine rings is 1. The van der Waals surface area contributed by atoms with Gasteiger partial charge in [-0.05, 0) is 31.4 Å². The number of hydrazine groups is 1. The molecule has 1 fully saturated rings. The van der Waals surface area contributed by atoms with Gasteiger partial charge in [0, 0.05) is 12.2 Å². The highest BCUT2D eigenvalue weighted by Crippen LogP contribution is 2.23. The molecule has 16 heavy (non-hydrogen) atoms. The fourth-order valence-corrected chi connectivity index (χ4v) is 2.86. The highest BCUT2D eigenvalue weighted by atomic mass is 32.2. The van der Waals surface area contributed by atoms with Crippen molar-refractivity contribution >= 4 is 15.8 Å². The van der Waals surface area contributed by atoms with Gasteiger partial charge in [0.2, 0.25) is 10.0 Å². The van der Waals surface area contributed by atoms with E-state index in [0.717, 1.165) is 12.8 Å². The normalized spacial score (nSPS) is 16.1. The largest absolute Gasteiger partial charge is 0.308 e. The van der Waals surface area contributed by atoms with E-state index in [-0.39, 0.29) is 10.9 Å². The second-order valence-electron chi connectivity index (χ2n) is 3.87. The van der Waals surface area contributed by atoms with Crippen LogP contribution in [0.15, 0.2) is 17.2 Å². The topological polar surface area (TPSA) is 97.1 Å². The van der Waals surface area contributed by atoms with E-state index >= 15 is 0 Å². The van der Waals surface area contributed by atoms with E-state index in [2.05, 4.69) is 15.1 Å². The number of rotatable bonds is 4. The summed E-state index contributed by atoms with van der Waals surface area (Å²) in [6.07, 6.45) is 3.14. The highest BCUT2D eigenvalue weighted by molar-refractivity contribution is 7.89. The van der Waals surface area contributed by atoms with Gasteiger partial charge in [-0.15, -0.1) is 0 Å². The molecule has 0 atom stereocenters. The van der Waals surface area contributed by atoms with Crippen LogP contribution in [-0.2, 0) is 10.0 Å². The van der Waals surface area contributed by atoms with Gasteiger partial charge >= 0.3 is 0 Å². The Balaban J connectivity index is 2.31. The molecule has 0 saturated heterocycles. The summed E-state index contributed by atoms with van der Waals surface area (Å²) in [6, 6.07) is 1.69. The molecule has 1 aliphatic rings. The van der Waals surface area contributed by atoms with E-state index in [1.54, 1.807) is 13.0 Å². The molecule has 1 aliphatic carbocycles. The third-order valence-electron chi connectivity index (χ3n) is 2.40. The van der Waals surface area contributed by atoms with Crippen LogP contribution in [-0.4, -0.2) is 19.4 Å². The minimum absolute atomic E-state index is 0.0942. The summed E-state index contributed by atoms with van der Waals surface area (Å²) in [6.45, 7) is 1.71. The lowest BCUT2D eigenvalue weighted by molar-refractivity contribution is 0.580. The fraction of sp³-hybridized carbons (Fsp3) is 0.444. The van der Waals surface area contributed by atoms with Gasteiger partial charge in [0.25, 0.3) is 0 Å². The minimum atomic E-state index is -3.43. The SMILES string of the molecule is Cc1cc(NN)ncc1S(=O)(=O)NC1CC1. The first-order chi connectivity index (χ1) is 7.53. The molecule has 1 heterocycles. The van der Waals surface area contributed by atoms with Crippen LogP contribution in [0.1, 0.15) is 18.4 Å². The van der Waals surface area contributed by atoms with Crippen molar-refractivity contribution in [1.29, 1.82) is 0 Å². The van der Waals surface area contributed by atoms with Gasteiger partial charge in [-0.25, -0.2) is 24.0 Å². The zero-order chi connectivity index (χ0) is 11.8. The van der Waals surface area contributed by atoms with Crippen molar-refractivity contribution in [2.45, 2.75) is 30.7 Å². The van der Waals surface area contributed by atoms with Gasteiger partial charge in [0.1, 0.15) is 10.7 Å². The van der Waals surface area contributed by atoms with Crippen molar-refractivity contribution in [2.24, 2.45) is 5.84 Å². The Labute approximate surface area is 94.3 Å². The Morgan fingerprint density at radius 1 is 1.50 bits per heavy atom. The van der Waals surface area contributed by atoms with E-state index in [9.17, 15) is 8.42 Å². The van der Waals surface area contributed by atoms with E-state index < -0.39 is 10.0 Å². The van der Waals surface area contributed by atoms with Gasteiger partial charge in [-0.2, -0.15) is 0 Å². The summed E-state index contributed by atoms with van der Waals surface area (Å²) in [5, 5.41) is 0. The van der Waals surface area contributed by atoms with Crippen molar-refractivity contribution in [1.82, 2.24) is 9.71 Å². The summed E-state index contributed by atoms with van der Waals surface area (Å²) in [5.74, 6) is 5.64. The Morgan fingerprint density at radius 3 is 2.69 bits per heavy atom. The van der Waals surface area contributed by atoms with Crippen molar-refractivity contribution in [3.05, 3.63) is 17.8 Å². The number of nitrogens with two attached hydrogens (primary N) is 1. The number of anilines is 1. The quantitative estimate of drug-likeness (QED) is 0.514. The van der Waals surface area contributed by atoms with E-state index in [1.165, 1.54) is 6.20 Å². The molecule has 0 unspecified atom stereocenters. The smallest absolute Gasteiger partial charge is 0.242 e. The summed E-state index contributed by atoms with van der Waals surface area (Å²) in [7, 11) is -3.43. The van der Waals surface area contributed by atoms with Crippen molar-refractivity contribution in [3.63, 3.8) is 0 Å². The van der Waals surface area contributed by atoms with E-state index in [0.29, 0.717) is 11.4 Å². The maximum atomic E-state index is 11.9. The van der Waals surface area contributed by atoms with E-state index in [1.807, 2.05) is 0 Å². The van der Waals surface area contributed by atoms with Crippen molar-refractivity contribution in [2.75, 3.05) is 5.43 Å². The van der Waals surface area contributed by atoms with Crippen LogP contribution in [0.2, 0.25) is 0 Å². The second kappa shape index (κ2) is 4.00. The summed E-state index contributed by atoms with van der Waals surface area (Å²) >= 11 is 0. The zero-order valence-electron chi connectivity index (χ0n) is 8.90. The molecule has 6 nitrogen and oxygen atoms in total. The van der Waals surface area contributed by atoms with Gasteiger partial charge in [-0.1, -0.05) is 0 Å². The highest BCUT2D eigenvalue weighted by Gasteiger charge is 2.28. The van der Waals surface area contributed by atoms with Crippen LogP contribution in [0.25, 0.3) is 0 Å². The molecule has 1 aromatic heterocycles. The van der Waals surface area contributed by atoms with Crippen molar-refractivity contribution < 1.29 is 8.42 Å². The average molecular weight is 242 g/mol. The first-order valence-electron chi connectivity index (χ1n) is 4.98. The Kier molecular flexibility index (Phi) is 2.83. The summed E-state index contributed by atoms with van der Waals surface area (Å²) in [4.78, 5) is 4.10. The molecule has 88 valence electrons. The maximum absolute atomic E-state index is 11.9. The number of nitrogens with zero attached hydrogens (tertiary/aromatic N) is 1. The molecular weight excluding hydrogens is 228 g/mol. The third kappa shape index (κ3) is 2.31. The number of hydrogen-bond acceptors (Lipinski definition) is 5. The van der Waals surface area contributed by atoms with Crippen LogP contribution >= 0.6 is 0 Å². The number of aryl methyl sites for hydroxylation is 1. The number of hydrogen-bond donors (Lipinski definition) is 3. The Hall–Kier alpha value is -1.18. The summed E-state index contributed by atoms with van der Waals surface area (Å²) < 4.78 is 26.4. The predicted octanol–water partition coefficient (Wildman–Crippen LogP) is 0.116. The molecule has 4 N–H and O–H groups in total. The Bertz CT molecular complexity index is 496. The second-order valence-corrected chi connectivity index (χ2v) is 5.56. The minimum Gasteiger partial charge on any atom is -0.308 e. The fourth-order valence-electron chi connectivity index (χ4n) is 1.39. The van der Waals surface area contributed by atoms with Crippen LogP contribution in [0.3, 0.4) is 0 Å². The molecule has 0 amide bonds.